The van der Waals surface area contributed by atoms with Crippen LogP contribution in [0.25, 0.3) is 11.1 Å². The molecule has 0 aliphatic carbocycles. The minimum absolute atomic E-state index is 0.214. The van der Waals surface area contributed by atoms with E-state index in [4.69, 9.17) is 8.94 Å². The second-order valence-electron chi connectivity index (χ2n) is 5.20. The summed E-state index contributed by atoms with van der Waals surface area (Å²) in [5, 5.41) is 13.8. The summed E-state index contributed by atoms with van der Waals surface area (Å²) >= 11 is 0. The Morgan fingerprint density at radius 2 is 2.14 bits per heavy atom. The van der Waals surface area contributed by atoms with Crippen molar-refractivity contribution in [2.24, 2.45) is 0 Å². The zero-order valence-corrected chi connectivity index (χ0v) is 11.4. The summed E-state index contributed by atoms with van der Waals surface area (Å²) in [6.45, 7) is 2.20. The molecule has 0 amide bonds. The molecule has 0 radical (unpaired) electrons. The number of aryl methyl sites for hydroxylation is 1. The monoisotopic (exact) mass is 286 g/mol. The molecule has 7 heteroatoms. The van der Waals surface area contributed by atoms with Crippen molar-refractivity contribution in [2.45, 2.75) is 25.5 Å². The lowest BCUT2D eigenvalue weighted by Crippen LogP contribution is -2.24. The van der Waals surface area contributed by atoms with Gasteiger partial charge in [-0.25, -0.2) is 0 Å². The Labute approximate surface area is 120 Å². The number of hydrogen-bond acceptors (Lipinski definition) is 7. The first-order valence-corrected chi connectivity index (χ1v) is 6.81. The van der Waals surface area contributed by atoms with Crippen molar-refractivity contribution in [3.63, 3.8) is 0 Å². The molecular formula is C14H14N4O3. The predicted molar refractivity (Wildman–Crippen MR) is 73.8 cm³/mol. The van der Waals surface area contributed by atoms with Crippen molar-refractivity contribution in [2.75, 3.05) is 11.4 Å². The number of fused-ring (bicyclic) bond motifs is 1. The van der Waals surface area contributed by atoms with Gasteiger partial charge in [-0.15, -0.1) is 0 Å². The molecule has 21 heavy (non-hydrogen) atoms. The van der Waals surface area contributed by atoms with Gasteiger partial charge in [-0.1, -0.05) is 17.3 Å². The Balaban J connectivity index is 1.74. The van der Waals surface area contributed by atoms with Crippen LogP contribution >= 0.6 is 0 Å². The van der Waals surface area contributed by atoms with Gasteiger partial charge in [0.1, 0.15) is 11.6 Å². The number of aliphatic hydroxyl groups is 1. The molecular weight excluding hydrogens is 272 g/mol. The van der Waals surface area contributed by atoms with E-state index >= 15 is 0 Å². The molecule has 1 aromatic carbocycles. The highest BCUT2D eigenvalue weighted by Crippen LogP contribution is 2.36. The van der Waals surface area contributed by atoms with E-state index in [1.54, 1.807) is 6.92 Å². The van der Waals surface area contributed by atoms with E-state index < -0.39 is 6.10 Å². The maximum absolute atomic E-state index is 9.97. The van der Waals surface area contributed by atoms with Crippen LogP contribution < -0.4 is 4.90 Å². The number of aliphatic hydroxyl groups excluding tert-OH is 1. The molecule has 7 nitrogen and oxygen atoms in total. The third-order valence-electron chi connectivity index (χ3n) is 3.64. The summed E-state index contributed by atoms with van der Waals surface area (Å²) in [5.41, 5.74) is 1.50. The number of para-hydroxylation sites is 2. The summed E-state index contributed by atoms with van der Waals surface area (Å²) in [4.78, 5) is 10.6. The molecule has 0 spiro atoms. The first-order valence-electron chi connectivity index (χ1n) is 6.81. The van der Waals surface area contributed by atoms with E-state index in [-0.39, 0.29) is 6.04 Å². The normalized spacial score (nSPS) is 22.3. The number of hydrogen-bond donors (Lipinski definition) is 1. The van der Waals surface area contributed by atoms with Gasteiger partial charge in [0.25, 0.3) is 6.01 Å². The van der Waals surface area contributed by atoms with Gasteiger partial charge in [0.15, 0.2) is 11.4 Å². The fourth-order valence-corrected chi connectivity index (χ4v) is 2.69. The van der Waals surface area contributed by atoms with Crippen LogP contribution in [0.5, 0.6) is 0 Å². The third kappa shape index (κ3) is 2.06. The molecule has 4 rings (SSSR count). The SMILES string of the molecule is Cc1noc([C@H]2C[C@@H](O)CN2c2nc3ccccc3o2)n1. The summed E-state index contributed by atoms with van der Waals surface area (Å²) in [6, 6.07) is 7.81. The topological polar surface area (TPSA) is 88.4 Å². The molecule has 3 heterocycles. The minimum atomic E-state index is -0.475. The molecule has 2 atom stereocenters. The number of β-amino-alcohol motifs (C(OH)–C–C–N with tert-alkyl or cyclic N) is 1. The average molecular weight is 286 g/mol. The summed E-state index contributed by atoms with van der Waals surface area (Å²) < 4.78 is 11.0. The Kier molecular flexibility index (Phi) is 2.68. The Hall–Kier alpha value is -2.41. The number of nitrogens with zero attached hydrogens (tertiary/aromatic N) is 4. The Bertz CT molecular complexity index is 748. The van der Waals surface area contributed by atoms with Gasteiger partial charge in [-0.05, 0) is 19.1 Å². The molecule has 1 saturated heterocycles. The zero-order chi connectivity index (χ0) is 14.4. The van der Waals surface area contributed by atoms with E-state index in [9.17, 15) is 5.11 Å². The number of aromatic nitrogens is 3. The van der Waals surface area contributed by atoms with Crippen LogP contribution in [0.4, 0.5) is 6.01 Å². The highest BCUT2D eigenvalue weighted by Gasteiger charge is 2.38. The molecule has 1 fully saturated rings. The molecule has 1 aliphatic heterocycles. The van der Waals surface area contributed by atoms with Gasteiger partial charge >= 0.3 is 0 Å². The molecule has 0 saturated carbocycles. The molecule has 3 aromatic rings. The van der Waals surface area contributed by atoms with Gasteiger partial charge < -0.3 is 18.9 Å². The van der Waals surface area contributed by atoms with Crippen LogP contribution in [0.2, 0.25) is 0 Å². The molecule has 2 aromatic heterocycles. The van der Waals surface area contributed by atoms with E-state index in [0.717, 1.165) is 5.52 Å². The van der Waals surface area contributed by atoms with Gasteiger partial charge in [0, 0.05) is 13.0 Å². The smallest absolute Gasteiger partial charge is 0.299 e. The first-order chi connectivity index (χ1) is 10.2. The minimum Gasteiger partial charge on any atom is -0.423 e. The standard InChI is InChI=1S/C14H14N4O3/c1-8-15-13(21-17-8)11-6-9(19)7-18(11)14-16-10-4-2-3-5-12(10)20-14/h2-5,9,11,19H,6-7H2,1H3/t9-,11-/m1/s1. The van der Waals surface area contributed by atoms with E-state index in [1.165, 1.54) is 0 Å². The highest BCUT2D eigenvalue weighted by molar-refractivity contribution is 5.74. The van der Waals surface area contributed by atoms with Crippen LogP contribution in [-0.4, -0.2) is 32.9 Å². The quantitative estimate of drug-likeness (QED) is 0.768. The average Bonchev–Trinajstić information content (AvgIpc) is 3.15. The second kappa shape index (κ2) is 4.56. The summed E-state index contributed by atoms with van der Waals surface area (Å²) in [6.07, 6.45) is 0.0394. The van der Waals surface area contributed by atoms with Crippen molar-refractivity contribution in [3.8, 4) is 0 Å². The Morgan fingerprint density at radius 3 is 2.90 bits per heavy atom. The Morgan fingerprint density at radius 1 is 1.29 bits per heavy atom. The lowest BCUT2D eigenvalue weighted by Gasteiger charge is -2.18. The number of oxazole rings is 1. The van der Waals surface area contributed by atoms with Crippen LogP contribution in [-0.2, 0) is 0 Å². The van der Waals surface area contributed by atoms with E-state index in [2.05, 4.69) is 15.1 Å². The first kappa shape index (κ1) is 12.3. The van der Waals surface area contributed by atoms with Crippen molar-refractivity contribution in [3.05, 3.63) is 36.0 Å². The highest BCUT2D eigenvalue weighted by atomic mass is 16.5. The van der Waals surface area contributed by atoms with Crippen LogP contribution in [0.1, 0.15) is 24.2 Å². The van der Waals surface area contributed by atoms with Crippen molar-refractivity contribution < 1.29 is 14.0 Å². The third-order valence-corrected chi connectivity index (χ3v) is 3.64. The van der Waals surface area contributed by atoms with Gasteiger partial charge in [-0.3, -0.25) is 0 Å². The lowest BCUT2D eigenvalue weighted by molar-refractivity contribution is 0.191. The number of benzene rings is 1. The maximum Gasteiger partial charge on any atom is 0.299 e. The van der Waals surface area contributed by atoms with E-state index in [0.29, 0.717) is 36.3 Å². The van der Waals surface area contributed by atoms with Crippen LogP contribution in [0.15, 0.2) is 33.2 Å². The summed E-state index contributed by atoms with van der Waals surface area (Å²) in [5.74, 6) is 1.05. The number of rotatable bonds is 2. The van der Waals surface area contributed by atoms with Gasteiger partial charge in [0.2, 0.25) is 5.89 Å². The van der Waals surface area contributed by atoms with E-state index in [1.807, 2.05) is 29.2 Å². The zero-order valence-electron chi connectivity index (χ0n) is 11.4. The molecule has 0 bridgehead atoms. The van der Waals surface area contributed by atoms with Crippen molar-refractivity contribution in [1.82, 2.24) is 15.1 Å². The predicted octanol–water partition coefficient (Wildman–Crippen LogP) is 1.83. The maximum atomic E-state index is 9.97. The van der Waals surface area contributed by atoms with Crippen LogP contribution in [0.3, 0.4) is 0 Å². The van der Waals surface area contributed by atoms with Gasteiger partial charge in [-0.2, -0.15) is 9.97 Å². The largest absolute Gasteiger partial charge is 0.423 e. The van der Waals surface area contributed by atoms with Crippen LogP contribution in [0, 0.1) is 6.92 Å². The van der Waals surface area contributed by atoms with Crippen molar-refractivity contribution >= 4 is 17.1 Å². The van der Waals surface area contributed by atoms with Crippen molar-refractivity contribution in [1.29, 1.82) is 0 Å². The molecule has 108 valence electrons. The second-order valence-corrected chi connectivity index (χ2v) is 5.20. The molecule has 0 unspecified atom stereocenters. The van der Waals surface area contributed by atoms with Gasteiger partial charge in [0.05, 0.1) is 6.10 Å². The molecule has 1 aliphatic rings. The summed E-state index contributed by atoms with van der Waals surface area (Å²) in [7, 11) is 0. The lowest BCUT2D eigenvalue weighted by atomic mass is 10.2. The molecule has 1 N–H and O–H groups in total. The number of anilines is 1. The fourth-order valence-electron chi connectivity index (χ4n) is 2.69. The fraction of sp³-hybridized carbons (Fsp3) is 0.357.